The number of ketones is 2. The second kappa shape index (κ2) is 17.7. The van der Waals surface area contributed by atoms with Gasteiger partial charge in [-0.2, -0.15) is 0 Å². The van der Waals surface area contributed by atoms with Gasteiger partial charge in [-0.15, -0.1) is 20.2 Å². The Balaban J connectivity index is 1.11. The van der Waals surface area contributed by atoms with Crippen molar-refractivity contribution in [3.8, 4) is 11.5 Å². The Morgan fingerprint density at radius 2 is 1.80 bits per heavy atom. The quantitative estimate of drug-likeness (QED) is 0.0570. The Kier molecular flexibility index (Phi) is 13.3. The molecule has 0 bridgehead atoms. The van der Waals surface area contributed by atoms with E-state index in [1.54, 1.807) is 13.0 Å². The van der Waals surface area contributed by atoms with Crippen LogP contribution in [0.1, 0.15) is 51.5 Å². The van der Waals surface area contributed by atoms with Crippen LogP contribution < -0.4 is 14.8 Å². The number of ether oxygens (including phenoxy) is 4. The molecule has 326 valence electrons. The molecule has 0 aliphatic heterocycles. The predicted molar refractivity (Wildman–Crippen MR) is 197 cm³/mol. The van der Waals surface area contributed by atoms with Crippen molar-refractivity contribution >= 4 is 35.7 Å². The number of amides is 1. The van der Waals surface area contributed by atoms with Crippen LogP contribution in [0.5, 0.6) is 11.5 Å². The largest absolute Gasteiger partial charge is 0.493 e. The van der Waals surface area contributed by atoms with Gasteiger partial charge in [0.15, 0.2) is 35.2 Å². The van der Waals surface area contributed by atoms with Crippen LogP contribution in [0.15, 0.2) is 48.1 Å². The lowest BCUT2D eigenvalue weighted by Crippen LogP contribution is -2.69. The van der Waals surface area contributed by atoms with E-state index in [1.807, 2.05) is 0 Å². The molecule has 2 fully saturated rings. The van der Waals surface area contributed by atoms with Crippen molar-refractivity contribution in [2.45, 2.75) is 75.5 Å². The molecule has 1 aromatic carbocycles. The molecule has 4 aliphatic carbocycles. The molecule has 0 aromatic heterocycles. The molecule has 0 radical (unpaired) electrons. The standard InChI is InChI=1S/C38H44FN3O18/c1-35-12-10-23(43)15-22(35)6-7-25-26-16-29(44)38(50,36(26,2)17-30(45)37(25,35)39)31(46)20-57-33(48)18-40-34(49)59-27-8-4-21(14-28(27)55-3)5-9-32(47)56-13-11-24(60-42(53)54)19-58-41(51)52/h4-6,8-10,12,14,24-26,29-30,44-45,50H,7,11,13,15-20H2,1-3H3,(H,40,49)/t24?,25-,26-,29+,30-,35-,36-,37-,38-/m0/s1. The number of esters is 2. The Morgan fingerprint density at radius 1 is 1.07 bits per heavy atom. The maximum absolute atomic E-state index is 17.3. The van der Waals surface area contributed by atoms with Crippen molar-refractivity contribution in [3.63, 3.8) is 0 Å². The molecule has 4 aliphatic rings. The fraction of sp³-hybridized carbons (Fsp3) is 0.553. The molecule has 1 amide bonds. The van der Waals surface area contributed by atoms with E-state index in [-0.39, 0.29) is 43.0 Å². The maximum Gasteiger partial charge on any atom is 0.413 e. The van der Waals surface area contributed by atoms with Crippen LogP contribution in [0, 0.1) is 42.9 Å². The molecule has 1 aromatic rings. The van der Waals surface area contributed by atoms with Crippen molar-refractivity contribution in [1.82, 2.24) is 5.32 Å². The first-order chi connectivity index (χ1) is 28.2. The number of rotatable bonds is 17. The summed E-state index contributed by atoms with van der Waals surface area (Å²) in [7, 11) is 1.25. The molecule has 0 saturated heterocycles. The number of hydrogen-bond acceptors (Lipinski definition) is 18. The van der Waals surface area contributed by atoms with Crippen LogP contribution in [0.4, 0.5) is 9.18 Å². The molecule has 4 N–H and O–H groups in total. The fourth-order valence-electron chi connectivity index (χ4n) is 9.03. The van der Waals surface area contributed by atoms with E-state index in [2.05, 4.69) is 15.0 Å². The second-order valence-corrected chi connectivity index (χ2v) is 15.3. The summed E-state index contributed by atoms with van der Waals surface area (Å²) in [6.45, 7) is 0.107. The zero-order chi connectivity index (χ0) is 44.2. The van der Waals surface area contributed by atoms with Crippen molar-refractivity contribution < 1.29 is 82.5 Å². The van der Waals surface area contributed by atoms with Gasteiger partial charge in [-0.05, 0) is 62.0 Å². The van der Waals surface area contributed by atoms with Gasteiger partial charge in [-0.25, -0.2) is 14.0 Å². The Hall–Kier alpha value is -6.00. The third-order valence-corrected chi connectivity index (χ3v) is 12.1. The zero-order valence-electron chi connectivity index (χ0n) is 32.6. The van der Waals surface area contributed by atoms with Crippen LogP contribution in [0.25, 0.3) is 6.08 Å². The monoisotopic (exact) mass is 849 g/mol. The van der Waals surface area contributed by atoms with Crippen LogP contribution in [-0.2, 0) is 38.3 Å². The summed E-state index contributed by atoms with van der Waals surface area (Å²) in [6.07, 6.45) is 0.100. The number of alkyl halides is 1. The molecule has 0 spiro atoms. The second-order valence-electron chi connectivity index (χ2n) is 15.3. The maximum atomic E-state index is 17.3. The predicted octanol–water partition coefficient (Wildman–Crippen LogP) is 1.70. The van der Waals surface area contributed by atoms with Gasteiger partial charge in [-0.1, -0.05) is 30.7 Å². The number of methoxy groups -OCH3 is 1. The molecule has 0 heterocycles. The summed E-state index contributed by atoms with van der Waals surface area (Å²) in [5, 5.41) is 55.2. The smallest absolute Gasteiger partial charge is 0.413 e. The normalized spacial score (nSPS) is 30.7. The molecule has 1 unspecified atom stereocenters. The number of carbonyl (C=O) groups is 5. The Labute approximate surface area is 340 Å². The van der Waals surface area contributed by atoms with Gasteiger partial charge in [0.1, 0.15) is 19.3 Å². The molecule has 5 rings (SSSR count). The van der Waals surface area contributed by atoms with Gasteiger partial charge in [0, 0.05) is 35.7 Å². The first-order valence-electron chi connectivity index (χ1n) is 18.6. The topological polar surface area (TPSA) is 300 Å². The van der Waals surface area contributed by atoms with Crippen molar-refractivity contribution in [3.05, 3.63) is 73.9 Å². The summed E-state index contributed by atoms with van der Waals surface area (Å²) in [4.78, 5) is 92.1. The third-order valence-electron chi connectivity index (χ3n) is 12.1. The van der Waals surface area contributed by atoms with Gasteiger partial charge in [-0.3, -0.25) is 14.4 Å². The van der Waals surface area contributed by atoms with Gasteiger partial charge in [0.05, 0.1) is 25.9 Å². The number of benzene rings is 1. The van der Waals surface area contributed by atoms with Gasteiger partial charge in [0.25, 0.3) is 10.2 Å². The summed E-state index contributed by atoms with van der Waals surface area (Å²) in [5.74, 6) is -5.11. The highest BCUT2D eigenvalue weighted by molar-refractivity contribution is 5.94. The summed E-state index contributed by atoms with van der Waals surface area (Å²) in [5.41, 5.74) is -6.77. The van der Waals surface area contributed by atoms with Crippen molar-refractivity contribution in [1.29, 1.82) is 0 Å². The number of allylic oxidation sites excluding steroid dienone is 4. The fourth-order valence-corrected chi connectivity index (χ4v) is 9.03. The molecular formula is C38H44FN3O18. The Bertz CT molecular complexity index is 2010. The van der Waals surface area contributed by atoms with E-state index >= 15 is 4.39 Å². The zero-order valence-corrected chi connectivity index (χ0v) is 32.6. The van der Waals surface area contributed by atoms with E-state index < -0.39 is 119 Å². The lowest BCUT2D eigenvalue weighted by molar-refractivity contribution is -0.790. The lowest BCUT2D eigenvalue weighted by atomic mass is 9.45. The Morgan fingerprint density at radius 3 is 2.48 bits per heavy atom. The van der Waals surface area contributed by atoms with Crippen LogP contribution in [-0.4, -0.2) is 118 Å². The minimum absolute atomic E-state index is 0.000938. The van der Waals surface area contributed by atoms with E-state index in [4.69, 9.17) is 18.9 Å². The highest BCUT2D eigenvalue weighted by Crippen LogP contribution is 2.69. The first kappa shape index (κ1) is 45.1. The van der Waals surface area contributed by atoms with Gasteiger partial charge < -0.3 is 49.3 Å². The average molecular weight is 850 g/mol. The van der Waals surface area contributed by atoms with Crippen LogP contribution in [0.2, 0.25) is 0 Å². The van der Waals surface area contributed by atoms with Gasteiger partial charge in [0.2, 0.25) is 5.78 Å². The van der Waals surface area contributed by atoms with Crippen LogP contribution in [0.3, 0.4) is 0 Å². The lowest BCUT2D eigenvalue weighted by Gasteiger charge is -2.61. The minimum atomic E-state index is -2.54. The first-order valence-corrected chi connectivity index (χ1v) is 18.6. The summed E-state index contributed by atoms with van der Waals surface area (Å²) >= 11 is 0. The van der Waals surface area contributed by atoms with Crippen molar-refractivity contribution in [2.75, 3.05) is 33.5 Å². The number of aliphatic hydroxyl groups excluding tert-OH is 2. The summed E-state index contributed by atoms with van der Waals surface area (Å²) < 4.78 is 37.7. The van der Waals surface area contributed by atoms with E-state index in [0.29, 0.717) is 11.1 Å². The molecule has 22 heteroatoms. The number of carbonyl (C=O) groups excluding carboxylic acids is 5. The molecular weight excluding hydrogens is 805 g/mol. The van der Waals surface area contributed by atoms with Crippen LogP contribution >= 0.6 is 0 Å². The highest BCUT2D eigenvalue weighted by atomic mass is 19.1. The SMILES string of the molecule is COc1cc(C=CC(=O)OCCC(CO[N+](=O)[O-])O[N+](=O)[O-])ccc1OC(=O)NCC(=O)OCC(=O)[C@@]1(O)[C@H](O)C[C@H]2[C@@H]3CC=C4CC(=O)C=C[C@]4(C)[C@@]3(F)[C@@H](O)C[C@@]21C. The number of halogens is 1. The minimum Gasteiger partial charge on any atom is -0.493 e. The van der Waals surface area contributed by atoms with E-state index in [0.717, 1.165) is 6.08 Å². The van der Waals surface area contributed by atoms with Gasteiger partial charge >= 0.3 is 18.0 Å². The summed E-state index contributed by atoms with van der Waals surface area (Å²) in [6, 6.07) is 4.07. The van der Waals surface area contributed by atoms with E-state index in [1.165, 1.54) is 50.5 Å². The number of hydrogen-bond donors (Lipinski definition) is 4. The molecule has 9 atom stereocenters. The average Bonchev–Trinajstić information content (AvgIpc) is 3.39. The molecule has 21 nitrogen and oxygen atoms in total. The number of nitrogens with one attached hydrogen (secondary N) is 1. The number of fused-ring (bicyclic) bond motifs is 5. The third kappa shape index (κ3) is 8.66. The number of aliphatic hydroxyl groups is 3. The molecule has 60 heavy (non-hydrogen) atoms. The number of nitrogens with zero attached hydrogens (tertiary/aromatic N) is 2. The molecule has 2 saturated carbocycles. The van der Waals surface area contributed by atoms with Crippen molar-refractivity contribution in [2.24, 2.45) is 22.7 Å². The van der Waals surface area contributed by atoms with E-state index in [9.17, 15) is 59.5 Å². The number of Topliss-reactive ketones (excluding diaryl/α,β-unsaturated/α-hetero) is 1. The highest BCUT2D eigenvalue weighted by Gasteiger charge is 2.76.